The van der Waals surface area contributed by atoms with Crippen molar-refractivity contribution in [2.45, 2.75) is 25.8 Å². The first-order valence-electron chi connectivity index (χ1n) is 9.15. The third-order valence-corrected chi connectivity index (χ3v) is 7.47. The maximum absolute atomic E-state index is 12.4. The van der Waals surface area contributed by atoms with Crippen molar-refractivity contribution in [2.24, 2.45) is 0 Å². The lowest BCUT2D eigenvalue weighted by Crippen LogP contribution is -2.34. The number of rotatable bonds is 7. The molecule has 1 aromatic carbocycles. The normalized spacial score (nSPS) is 14.7. The number of piperidine rings is 1. The van der Waals surface area contributed by atoms with Crippen LogP contribution in [0.2, 0.25) is 0 Å². The summed E-state index contributed by atoms with van der Waals surface area (Å²) in [6.07, 6.45) is 3.64. The van der Waals surface area contributed by atoms with Crippen molar-refractivity contribution in [1.29, 1.82) is 0 Å². The van der Waals surface area contributed by atoms with Crippen LogP contribution >= 0.6 is 27.3 Å². The Morgan fingerprint density at radius 1 is 1.21 bits per heavy atom. The quantitative estimate of drug-likeness (QED) is 0.645. The third-order valence-electron chi connectivity index (χ3n) is 4.62. The zero-order valence-electron chi connectivity index (χ0n) is 15.7. The first-order chi connectivity index (χ1) is 13.3. The van der Waals surface area contributed by atoms with E-state index in [4.69, 9.17) is 0 Å². The molecule has 1 amide bonds. The third kappa shape index (κ3) is 5.96. The summed E-state index contributed by atoms with van der Waals surface area (Å²) in [4.78, 5) is 17.0. The predicted octanol–water partition coefficient (Wildman–Crippen LogP) is 3.90. The van der Waals surface area contributed by atoms with Crippen LogP contribution in [0.5, 0.6) is 0 Å². The average Bonchev–Trinajstić information content (AvgIpc) is 3.07. The molecule has 2 heterocycles. The molecule has 6 nitrogen and oxygen atoms in total. The molecule has 0 aliphatic carbocycles. The van der Waals surface area contributed by atoms with Crippen molar-refractivity contribution in [2.75, 3.05) is 35.5 Å². The summed E-state index contributed by atoms with van der Waals surface area (Å²) < 4.78 is 28.2. The first kappa shape index (κ1) is 21.1. The molecule has 2 aromatic rings. The number of benzene rings is 1. The van der Waals surface area contributed by atoms with Crippen LogP contribution in [-0.4, -0.2) is 45.1 Å². The number of sulfonamides is 1. The van der Waals surface area contributed by atoms with Crippen molar-refractivity contribution >= 4 is 54.6 Å². The predicted molar refractivity (Wildman–Crippen MR) is 118 cm³/mol. The number of anilines is 2. The van der Waals surface area contributed by atoms with Gasteiger partial charge in [-0.25, -0.2) is 8.42 Å². The van der Waals surface area contributed by atoms with Gasteiger partial charge in [0, 0.05) is 46.2 Å². The number of carbonyl (C=O) groups is 1. The Kier molecular flexibility index (Phi) is 7.00. The maximum Gasteiger partial charge on any atom is 0.241 e. The smallest absolute Gasteiger partial charge is 0.241 e. The first-order valence-corrected chi connectivity index (χ1v) is 12.5. The van der Waals surface area contributed by atoms with Gasteiger partial charge in [-0.05, 0) is 65.5 Å². The van der Waals surface area contributed by atoms with E-state index in [2.05, 4.69) is 25.6 Å². The van der Waals surface area contributed by atoms with E-state index >= 15 is 0 Å². The lowest BCUT2D eigenvalue weighted by Gasteiger charge is -2.28. The monoisotopic (exact) mass is 485 g/mol. The number of nitrogens with one attached hydrogen (secondary N) is 1. The Bertz CT molecular complexity index is 907. The van der Waals surface area contributed by atoms with Crippen LogP contribution in [0, 0.1) is 0 Å². The van der Waals surface area contributed by atoms with Crippen LogP contribution in [0.4, 0.5) is 11.4 Å². The minimum absolute atomic E-state index is 0.384. The average molecular weight is 486 g/mol. The largest absolute Gasteiger partial charge is 0.372 e. The molecule has 0 bridgehead atoms. The minimum atomic E-state index is -3.76. The van der Waals surface area contributed by atoms with E-state index in [0.717, 1.165) is 28.1 Å². The second-order valence-corrected chi connectivity index (χ2v) is 10.6. The SMILES string of the molecule is CN(Cc1cc(Br)cs1)C(=O)CS(=O)(=O)Nc1ccc(N2CCCCC2)cc1. The summed E-state index contributed by atoms with van der Waals surface area (Å²) >= 11 is 4.89. The fourth-order valence-electron chi connectivity index (χ4n) is 3.14. The summed E-state index contributed by atoms with van der Waals surface area (Å²) in [5.41, 5.74) is 1.57. The van der Waals surface area contributed by atoms with Gasteiger partial charge in [-0.3, -0.25) is 9.52 Å². The molecule has 1 aliphatic rings. The molecule has 9 heteroatoms. The molecule has 0 atom stereocenters. The summed E-state index contributed by atoms with van der Waals surface area (Å²) in [7, 11) is -2.15. The molecular weight excluding hydrogens is 462 g/mol. The van der Waals surface area contributed by atoms with E-state index in [-0.39, 0.29) is 0 Å². The van der Waals surface area contributed by atoms with Gasteiger partial charge in [0.25, 0.3) is 0 Å². The Labute approximate surface area is 178 Å². The van der Waals surface area contributed by atoms with Gasteiger partial charge in [0.2, 0.25) is 15.9 Å². The van der Waals surface area contributed by atoms with Crippen LogP contribution < -0.4 is 9.62 Å². The zero-order chi connectivity index (χ0) is 20.1. The van der Waals surface area contributed by atoms with E-state index in [0.29, 0.717) is 12.2 Å². The number of carbonyl (C=O) groups excluding carboxylic acids is 1. The molecule has 1 saturated heterocycles. The number of nitrogens with zero attached hydrogens (tertiary/aromatic N) is 2. The van der Waals surface area contributed by atoms with E-state index < -0.39 is 21.7 Å². The molecule has 1 fully saturated rings. The van der Waals surface area contributed by atoms with Gasteiger partial charge in [-0.15, -0.1) is 11.3 Å². The second-order valence-electron chi connectivity index (χ2n) is 6.94. The molecule has 0 radical (unpaired) electrons. The number of hydrogen-bond donors (Lipinski definition) is 1. The van der Waals surface area contributed by atoms with Crippen LogP contribution in [0.15, 0.2) is 40.2 Å². The Hall–Kier alpha value is -1.58. The summed E-state index contributed by atoms with van der Waals surface area (Å²) in [5.74, 6) is -1.02. The Morgan fingerprint density at radius 2 is 1.89 bits per heavy atom. The number of amides is 1. The van der Waals surface area contributed by atoms with Gasteiger partial charge in [-0.2, -0.15) is 0 Å². The van der Waals surface area contributed by atoms with Crippen molar-refractivity contribution < 1.29 is 13.2 Å². The summed E-state index contributed by atoms with van der Waals surface area (Å²) in [6.45, 7) is 2.45. The van der Waals surface area contributed by atoms with Gasteiger partial charge in [0.1, 0.15) is 5.75 Å². The molecule has 1 aromatic heterocycles. The second kappa shape index (κ2) is 9.28. The van der Waals surface area contributed by atoms with Gasteiger partial charge >= 0.3 is 0 Å². The zero-order valence-corrected chi connectivity index (χ0v) is 18.9. The fourth-order valence-corrected chi connectivity index (χ4v) is 5.76. The molecule has 3 rings (SSSR count). The topological polar surface area (TPSA) is 69.7 Å². The van der Waals surface area contributed by atoms with Crippen molar-refractivity contribution in [1.82, 2.24) is 4.90 Å². The lowest BCUT2D eigenvalue weighted by molar-refractivity contribution is -0.127. The maximum atomic E-state index is 12.4. The molecular formula is C19H24BrN3O3S2. The molecule has 152 valence electrons. The highest BCUT2D eigenvalue weighted by Gasteiger charge is 2.20. The van der Waals surface area contributed by atoms with Crippen LogP contribution in [0.3, 0.4) is 0 Å². The van der Waals surface area contributed by atoms with Crippen LogP contribution in [-0.2, 0) is 21.4 Å². The van der Waals surface area contributed by atoms with Gasteiger partial charge in [0.15, 0.2) is 0 Å². The number of hydrogen-bond acceptors (Lipinski definition) is 5. The molecule has 1 aliphatic heterocycles. The van der Waals surface area contributed by atoms with E-state index in [1.54, 1.807) is 19.2 Å². The highest BCUT2D eigenvalue weighted by Crippen LogP contribution is 2.23. The highest BCUT2D eigenvalue weighted by atomic mass is 79.9. The van der Waals surface area contributed by atoms with Crippen molar-refractivity contribution in [3.05, 3.63) is 45.1 Å². The Balaban J connectivity index is 1.55. The molecule has 0 spiro atoms. The van der Waals surface area contributed by atoms with Crippen molar-refractivity contribution in [3.8, 4) is 0 Å². The van der Waals surface area contributed by atoms with Crippen molar-refractivity contribution in [3.63, 3.8) is 0 Å². The molecule has 28 heavy (non-hydrogen) atoms. The number of thiophene rings is 1. The van der Waals surface area contributed by atoms with E-state index in [1.807, 2.05) is 23.6 Å². The summed E-state index contributed by atoms with van der Waals surface area (Å²) in [5, 5.41) is 1.93. The fraction of sp³-hybridized carbons (Fsp3) is 0.421. The standard InChI is InChI=1S/C19H24BrN3O3S2/c1-22(12-18-11-15(20)13-27-18)19(24)14-28(25,26)21-16-5-7-17(8-6-16)23-9-3-2-4-10-23/h5-8,11,13,21H,2-4,9-10,12,14H2,1H3. The van der Waals surface area contributed by atoms with E-state index in [1.165, 1.54) is 35.5 Å². The lowest BCUT2D eigenvalue weighted by atomic mass is 10.1. The molecule has 0 saturated carbocycles. The summed E-state index contributed by atoms with van der Waals surface area (Å²) in [6, 6.07) is 9.26. The number of halogens is 1. The molecule has 1 N–H and O–H groups in total. The van der Waals surface area contributed by atoms with Gasteiger partial charge in [0.05, 0.1) is 6.54 Å². The Morgan fingerprint density at radius 3 is 2.50 bits per heavy atom. The van der Waals surface area contributed by atoms with Gasteiger partial charge < -0.3 is 9.80 Å². The van der Waals surface area contributed by atoms with Crippen LogP contribution in [0.25, 0.3) is 0 Å². The van der Waals surface area contributed by atoms with E-state index in [9.17, 15) is 13.2 Å². The highest BCUT2D eigenvalue weighted by molar-refractivity contribution is 9.10. The molecule has 0 unspecified atom stereocenters. The van der Waals surface area contributed by atoms with Crippen LogP contribution in [0.1, 0.15) is 24.1 Å². The van der Waals surface area contributed by atoms with Gasteiger partial charge in [-0.1, -0.05) is 0 Å². The minimum Gasteiger partial charge on any atom is -0.372 e.